The van der Waals surface area contributed by atoms with E-state index in [0.29, 0.717) is 0 Å². The zero-order chi connectivity index (χ0) is 2.12. The van der Waals surface area contributed by atoms with E-state index in [-0.39, 0.29) is 18.9 Å². The van der Waals surface area contributed by atoms with Gasteiger partial charge in [0.2, 0.25) is 0 Å². The van der Waals surface area contributed by atoms with Gasteiger partial charge in [-0.1, -0.05) is 0 Å². The van der Waals surface area contributed by atoms with Crippen LogP contribution in [0, 0.1) is 6.42 Å². The van der Waals surface area contributed by atoms with Crippen LogP contribution >= 0.6 is 0 Å². The zero-order valence-corrected chi connectivity index (χ0v) is 1.99. The summed E-state index contributed by atoms with van der Waals surface area (Å²) < 4.78 is 0. The maximum atomic E-state index is 2.25. The van der Waals surface area contributed by atoms with Crippen molar-refractivity contribution in [1.82, 2.24) is 0 Å². The summed E-state index contributed by atoms with van der Waals surface area (Å²) in [5, 5.41) is 0. The average Bonchev–Trinajstić information content (AvgIpc) is 1.46. The molecule has 19 valence electrons. The summed E-state index contributed by atoms with van der Waals surface area (Å²) in [7, 11) is 0. The van der Waals surface area contributed by atoms with Crippen molar-refractivity contribution in [3.8, 4) is 0 Å². The molecule has 1 heteroatoms. The predicted octanol–water partition coefficient (Wildman–Crippen LogP) is 0.336. The number of hydrogen-bond donors (Lipinski definition) is 0. The topological polar surface area (TPSA) is 0 Å². The van der Waals surface area contributed by atoms with Crippen LogP contribution in [-0.4, -0.2) is 18.9 Å². The number of rotatable bonds is 0. The third-order valence-corrected chi connectivity index (χ3v) is 0.289. The molecular weight excluding hydrogens is 43.0 g/mol. The van der Waals surface area contributed by atoms with Crippen LogP contribution in [-0.2, 0) is 0 Å². The molecule has 0 amide bonds. The van der Waals surface area contributed by atoms with Crippen molar-refractivity contribution in [1.29, 1.82) is 0 Å². The van der Waals surface area contributed by atoms with E-state index in [0.717, 1.165) is 0 Å². The van der Waals surface area contributed by atoms with Crippen LogP contribution in [0.2, 0.25) is 0 Å². The molecule has 0 N–H and O–H groups in total. The second-order valence-corrected chi connectivity index (χ2v) is 0.866. The molecule has 0 atom stereocenters. The van der Waals surface area contributed by atoms with Gasteiger partial charge in [-0.2, -0.15) is 0 Å². The van der Waals surface area contributed by atoms with Gasteiger partial charge in [0.1, 0.15) is 0 Å². The Labute approximate surface area is 38.8 Å². The van der Waals surface area contributed by atoms with Crippen LogP contribution in [0.1, 0.15) is 12.8 Å². The Morgan fingerprint density at radius 3 is 1.50 bits per heavy atom. The van der Waals surface area contributed by atoms with Crippen LogP contribution in [0.25, 0.3) is 0 Å². The molecule has 0 nitrogen and oxygen atoms in total. The van der Waals surface area contributed by atoms with E-state index in [1.54, 1.807) is 0 Å². The Kier molecular flexibility index (Phi) is 2.16. The first-order valence-electron chi connectivity index (χ1n) is 1.32. The standard InChI is InChI=1S/C3H5.Li.H/c1-2-3-1;;/h1H,2-3H2;;. The van der Waals surface area contributed by atoms with Crippen LogP contribution in [0.3, 0.4) is 0 Å². The van der Waals surface area contributed by atoms with Gasteiger partial charge >= 0.3 is 18.9 Å². The molecular formula is C3H6Li. The van der Waals surface area contributed by atoms with Crippen molar-refractivity contribution in [2.75, 3.05) is 0 Å². The first-order valence-corrected chi connectivity index (χ1v) is 1.32. The van der Waals surface area contributed by atoms with E-state index in [9.17, 15) is 0 Å². The van der Waals surface area contributed by atoms with E-state index in [4.69, 9.17) is 0 Å². The molecule has 1 radical (unpaired) electrons. The third kappa shape index (κ3) is 2.60. The molecule has 0 aromatic carbocycles. The molecule has 0 aromatic rings. The molecule has 1 aliphatic carbocycles. The normalized spacial score (nSPS) is 18.0. The van der Waals surface area contributed by atoms with E-state index in [1.165, 1.54) is 12.8 Å². The predicted molar refractivity (Wildman–Crippen MR) is 20.7 cm³/mol. The van der Waals surface area contributed by atoms with Gasteiger partial charge in [-0.05, 0) is 19.3 Å². The average molecular weight is 49.0 g/mol. The van der Waals surface area contributed by atoms with Gasteiger partial charge in [-0.25, -0.2) is 0 Å². The summed E-state index contributed by atoms with van der Waals surface area (Å²) in [4.78, 5) is 0. The second-order valence-electron chi connectivity index (χ2n) is 0.866. The molecule has 0 bridgehead atoms. The summed E-state index contributed by atoms with van der Waals surface area (Å²) in [6, 6.07) is 0. The molecule has 1 rings (SSSR count). The monoisotopic (exact) mass is 49.1 g/mol. The molecule has 4 heavy (non-hydrogen) atoms. The maximum absolute atomic E-state index is 2.25. The van der Waals surface area contributed by atoms with Gasteiger partial charge in [0.05, 0.1) is 0 Å². The molecule has 1 fully saturated rings. The first kappa shape index (κ1) is 4.60. The van der Waals surface area contributed by atoms with Crippen molar-refractivity contribution >= 4 is 18.9 Å². The Bertz CT molecular complexity index is 8.00. The zero-order valence-electron chi connectivity index (χ0n) is 1.99. The van der Waals surface area contributed by atoms with Crippen molar-refractivity contribution in [3.05, 3.63) is 6.42 Å². The van der Waals surface area contributed by atoms with Gasteiger partial charge in [-0.3, -0.25) is 0 Å². The molecule has 0 heterocycles. The fourth-order valence-corrected chi connectivity index (χ4v) is 0. The molecule has 1 saturated carbocycles. The quantitative estimate of drug-likeness (QED) is 0.347. The summed E-state index contributed by atoms with van der Waals surface area (Å²) in [5.74, 6) is 0. The third-order valence-electron chi connectivity index (χ3n) is 0.289. The molecule has 0 saturated heterocycles. The summed E-state index contributed by atoms with van der Waals surface area (Å²) in [5.41, 5.74) is 0. The van der Waals surface area contributed by atoms with E-state index < -0.39 is 0 Å². The first-order chi connectivity index (χ1) is 1.50. The molecule has 0 spiro atoms. The van der Waals surface area contributed by atoms with Crippen LogP contribution in [0.15, 0.2) is 0 Å². The van der Waals surface area contributed by atoms with Gasteiger partial charge in [-0.15, -0.1) is 0 Å². The Hall–Kier alpha value is 0.597. The van der Waals surface area contributed by atoms with Crippen molar-refractivity contribution < 1.29 is 0 Å². The minimum atomic E-state index is 0. The van der Waals surface area contributed by atoms with Gasteiger partial charge in [0, 0.05) is 0 Å². The minimum absolute atomic E-state index is 0. The van der Waals surface area contributed by atoms with E-state index in [1.807, 2.05) is 0 Å². The fourth-order valence-electron chi connectivity index (χ4n) is 0. The van der Waals surface area contributed by atoms with Crippen molar-refractivity contribution in [2.45, 2.75) is 12.8 Å². The Morgan fingerprint density at radius 1 is 1.25 bits per heavy atom. The van der Waals surface area contributed by atoms with Crippen molar-refractivity contribution in [2.24, 2.45) is 0 Å². The fraction of sp³-hybridized carbons (Fsp3) is 0.667. The molecule has 0 aromatic heterocycles. The van der Waals surface area contributed by atoms with Gasteiger partial charge < -0.3 is 0 Å². The van der Waals surface area contributed by atoms with E-state index >= 15 is 0 Å². The summed E-state index contributed by atoms with van der Waals surface area (Å²) >= 11 is 0. The second kappa shape index (κ2) is 1.88. The van der Waals surface area contributed by atoms with E-state index in [2.05, 4.69) is 6.42 Å². The molecule has 0 aliphatic heterocycles. The molecule has 1 aliphatic rings. The summed E-state index contributed by atoms with van der Waals surface area (Å²) in [6.07, 6.45) is 5.00. The Balaban J connectivity index is 0.0000000900. The van der Waals surface area contributed by atoms with Gasteiger partial charge in [0.15, 0.2) is 0 Å². The van der Waals surface area contributed by atoms with Crippen molar-refractivity contribution in [3.63, 3.8) is 0 Å². The Morgan fingerprint density at radius 2 is 1.50 bits per heavy atom. The summed E-state index contributed by atoms with van der Waals surface area (Å²) in [6.45, 7) is 0. The molecule has 0 unspecified atom stereocenters. The van der Waals surface area contributed by atoms with Crippen LogP contribution < -0.4 is 0 Å². The van der Waals surface area contributed by atoms with Crippen LogP contribution in [0.5, 0.6) is 0 Å². The number of hydrogen-bond acceptors (Lipinski definition) is 0. The van der Waals surface area contributed by atoms with Crippen LogP contribution in [0.4, 0.5) is 0 Å². The SMILES string of the molecule is [CH]1CC1.[LiH]. The van der Waals surface area contributed by atoms with Gasteiger partial charge in [0.25, 0.3) is 0 Å².